The first kappa shape index (κ1) is 14.3. The van der Waals surface area contributed by atoms with E-state index in [9.17, 15) is 8.78 Å². The topological polar surface area (TPSA) is 21.3 Å². The molecule has 0 aliphatic heterocycles. The van der Waals surface area contributed by atoms with Gasteiger partial charge in [0.05, 0.1) is 18.8 Å². The van der Waals surface area contributed by atoms with Gasteiger partial charge in [-0.25, -0.2) is 8.78 Å². The summed E-state index contributed by atoms with van der Waals surface area (Å²) in [6, 6.07) is 10.7. The Morgan fingerprint density at radius 1 is 1.10 bits per heavy atom. The summed E-state index contributed by atoms with van der Waals surface area (Å²) in [7, 11) is 1.54. The van der Waals surface area contributed by atoms with Crippen molar-refractivity contribution < 1.29 is 13.5 Å². The Balaban J connectivity index is 2.23. The first-order valence-corrected chi connectivity index (χ1v) is 6.49. The van der Waals surface area contributed by atoms with Gasteiger partial charge in [-0.2, -0.15) is 0 Å². The summed E-state index contributed by atoms with van der Waals surface area (Å²) >= 11 is 0. The van der Waals surface area contributed by atoms with Crippen molar-refractivity contribution in [3.8, 4) is 5.75 Å². The van der Waals surface area contributed by atoms with Crippen molar-refractivity contribution >= 4 is 5.69 Å². The standard InChI is InChI=1S/C16H17F2NO/c1-3-15(11-4-6-12(17)7-5-11)19-16-10-13(20-2)8-9-14(16)18/h4-10,15,19H,3H2,1-2H3. The molecule has 106 valence electrons. The van der Waals surface area contributed by atoms with E-state index in [4.69, 9.17) is 4.74 Å². The van der Waals surface area contributed by atoms with Crippen LogP contribution in [0.5, 0.6) is 5.75 Å². The van der Waals surface area contributed by atoms with Crippen molar-refractivity contribution in [2.45, 2.75) is 19.4 Å². The maximum atomic E-state index is 13.8. The Hall–Kier alpha value is -2.10. The van der Waals surface area contributed by atoms with E-state index in [2.05, 4.69) is 5.32 Å². The summed E-state index contributed by atoms with van der Waals surface area (Å²) in [5.41, 5.74) is 1.29. The SMILES string of the molecule is CCC(Nc1cc(OC)ccc1F)c1ccc(F)cc1. The molecular formula is C16H17F2NO. The molecule has 2 aromatic carbocycles. The summed E-state index contributed by atoms with van der Waals surface area (Å²) < 4.78 is 31.8. The molecule has 0 amide bonds. The highest BCUT2D eigenvalue weighted by molar-refractivity contribution is 5.51. The minimum absolute atomic E-state index is 0.0859. The van der Waals surface area contributed by atoms with E-state index in [1.165, 1.54) is 25.3 Å². The molecule has 20 heavy (non-hydrogen) atoms. The molecule has 1 atom stereocenters. The highest BCUT2D eigenvalue weighted by Gasteiger charge is 2.12. The molecule has 0 radical (unpaired) electrons. The predicted octanol–water partition coefficient (Wildman–Crippen LogP) is 4.54. The van der Waals surface area contributed by atoms with Crippen molar-refractivity contribution in [1.82, 2.24) is 0 Å². The van der Waals surface area contributed by atoms with Gasteiger partial charge in [-0.1, -0.05) is 19.1 Å². The van der Waals surface area contributed by atoms with E-state index in [0.29, 0.717) is 11.4 Å². The molecule has 0 saturated carbocycles. The first-order valence-electron chi connectivity index (χ1n) is 6.49. The Morgan fingerprint density at radius 2 is 1.80 bits per heavy atom. The zero-order valence-corrected chi connectivity index (χ0v) is 11.5. The number of methoxy groups -OCH3 is 1. The lowest BCUT2D eigenvalue weighted by Crippen LogP contribution is -2.11. The van der Waals surface area contributed by atoms with Crippen LogP contribution in [0.4, 0.5) is 14.5 Å². The number of benzene rings is 2. The van der Waals surface area contributed by atoms with Crippen LogP contribution in [-0.2, 0) is 0 Å². The van der Waals surface area contributed by atoms with Crippen LogP contribution in [0.15, 0.2) is 42.5 Å². The quantitative estimate of drug-likeness (QED) is 0.866. The lowest BCUT2D eigenvalue weighted by Gasteiger charge is -2.19. The maximum absolute atomic E-state index is 13.8. The number of hydrogen-bond acceptors (Lipinski definition) is 2. The van der Waals surface area contributed by atoms with Crippen LogP contribution >= 0.6 is 0 Å². The minimum Gasteiger partial charge on any atom is -0.497 e. The fourth-order valence-corrected chi connectivity index (χ4v) is 2.05. The molecule has 0 spiro atoms. The fourth-order valence-electron chi connectivity index (χ4n) is 2.05. The monoisotopic (exact) mass is 277 g/mol. The molecule has 4 heteroatoms. The lowest BCUT2D eigenvalue weighted by molar-refractivity contribution is 0.414. The molecule has 0 heterocycles. The van der Waals surface area contributed by atoms with Crippen molar-refractivity contribution in [3.05, 3.63) is 59.7 Å². The third-order valence-electron chi connectivity index (χ3n) is 3.18. The smallest absolute Gasteiger partial charge is 0.146 e. The van der Waals surface area contributed by atoms with Gasteiger partial charge in [-0.05, 0) is 36.2 Å². The molecule has 0 aliphatic carbocycles. The van der Waals surface area contributed by atoms with Gasteiger partial charge >= 0.3 is 0 Å². The number of ether oxygens (including phenoxy) is 1. The van der Waals surface area contributed by atoms with Crippen molar-refractivity contribution in [1.29, 1.82) is 0 Å². The summed E-state index contributed by atoms with van der Waals surface area (Å²) in [6.07, 6.45) is 0.752. The summed E-state index contributed by atoms with van der Waals surface area (Å²) in [5.74, 6) is -0.0367. The first-order chi connectivity index (χ1) is 9.63. The van der Waals surface area contributed by atoms with Gasteiger partial charge in [0.15, 0.2) is 0 Å². The Kier molecular flexibility index (Phi) is 4.56. The molecular weight excluding hydrogens is 260 g/mol. The van der Waals surface area contributed by atoms with E-state index in [1.54, 1.807) is 24.3 Å². The normalized spacial score (nSPS) is 12.0. The van der Waals surface area contributed by atoms with Gasteiger partial charge in [0.25, 0.3) is 0 Å². The summed E-state index contributed by atoms with van der Waals surface area (Å²) in [6.45, 7) is 1.99. The van der Waals surface area contributed by atoms with Crippen LogP contribution < -0.4 is 10.1 Å². The van der Waals surface area contributed by atoms with E-state index in [0.717, 1.165) is 12.0 Å². The van der Waals surface area contributed by atoms with Crippen molar-refractivity contribution in [2.75, 3.05) is 12.4 Å². The average molecular weight is 277 g/mol. The van der Waals surface area contributed by atoms with Crippen LogP contribution in [-0.4, -0.2) is 7.11 Å². The third-order valence-corrected chi connectivity index (χ3v) is 3.18. The third kappa shape index (κ3) is 3.26. The molecule has 2 rings (SSSR count). The van der Waals surface area contributed by atoms with Gasteiger partial charge in [-0.3, -0.25) is 0 Å². The Morgan fingerprint density at radius 3 is 2.40 bits per heavy atom. The van der Waals surface area contributed by atoms with Gasteiger partial charge in [0, 0.05) is 6.07 Å². The van der Waals surface area contributed by atoms with E-state index in [-0.39, 0.29) is 17.7 Å². The number of nitrogens with one attached hydrogen (secondary N) is 1. The van der Waals surface area contributed by atoms with Crippen LogP contribution in [0, 0.1) is 11.6 Å². The summed E-state index contributed by atoms with van der Waals surface area (Å²) in [4.78, 5) is 0. The van der Waals surface area contributed by atoms with Crippen LogP contribution in [0.25, 0.3) is 0 Å². The second-order valence-corrected chi connectivity index (χ2v) is 4.50. The molecule has 0 bridgehead atoms. The molecule has 1 N–H and O–H groups in total. The molecule has 0 aromatic heterocycles. The van der Waals surface area contributed by atoms with E-state index in [1.807, 2.05) is 6.92 Å². The van der Waals surface area contributed by atoms with Crippen LogP contribution in [0.3, 0.4) is 0 Å². The van der Waals surface area contributed by atoms with Crippen molar-refractivity contribution in [3.63, 3.8) is 0 Å². The zero-order chi connectivity index (χ0) is 14.5. The van der Waals surface area contributed by atoms with Crippen LogP contribution in [0.2, 0.25) is 0 Å². The summed E-state index contributed by atoms with van der Waals surface area (Å²) in [5, 5.41) is 3.13. The Bertz CT molecular complexity index is 569. The second-order valence-electron chi connectivity index (χ2n) is 4.50. The van der Waals surface area contributed by atoms with E-state index >= 15 is 0 Å². The highest BCUT2D eigenvalue weighted by Crippen LogP contribution is 2.27. The lowest BCUT2D eigenvalue weighted by atomic mass is 10.0. The molecule has 0 aliphatic rings. The average Bonchev–Trinajstić information content (AvgIpc) is 2.47. The molecule has 2 aromatic rings. The molecule has 1 unspecified atom stereocenters. The predicted molar refractivity (Wildman–Crippen MR) is 76.0 cm³/mol. The maximum Gasteiger partial charge on any atom is 0.146 e. The van der Waals surface area contributed by atoms with E-state index < -0.39 is 0 Å². The zero-order valence-electron chi connectivity index (χ0n) is 11.5. The molecule has 0 fully saturated rings. The number of rotatable bonds is 5. The second kappa shape index (κ2) is 6.37. The number of hydrogen-bond donors (Lipinski definition) is 1. The van der Waals surface area contributed by atoms with Crippen molar-refractivity contribution in [2.24, 2.45) is 0 Å². The van der Waals surface area contributed by atoms with Crippen LogP contribution in [0.1, 0.15) is 24.9 Å². The van der Waals surface area contributed by atoms with Gasteiger partial charge < -0.3 is 10.1 Å². The largest absolute Gasteiger partial charge is 0.497 e. The number of anilines is 1. The van der Waals surface area contributed by atoms with Gasteiger partial charge in [-0.15, -0.1) is 0 Å². The fraction of sp³-hybridized carbons (Fsp3) is 0.250. The number of halogens is 2. The minimum atomic E-state index is -0.341. The Labute approximate surface area is 117 Å². The molecule has 0 saturated heterocycles. The van der Waals surface area contributed by atoms with Gasteiger partial charge in [0.2, 0.25) is 0 Å². The highest BCUT2D eigenvalue weighted by atomic mass is 19.1. The van der Waals surface area contributed by atoms with Gasteiger partial charge in [0.1, 0.15) is 17.4 Å². The molecule has 2 nitrogen and oxygen atoms in total.